The third kappa shape index (κ3) is 3.71. The number of nitrogens with one attached hydrogen (secondary N) is 1. The highest BCUT2D eigenvalue weighted by Crippen LogP contribution is 2.35. The van der Waals surface area contributed by atoms with Gasteiger partial charge in [-0.2, -0.15) is 0 Å². The number of nitrogens with zero attached hydrogens (tertiary/aromatic N) is 2. The predicted molar refractivity (Wildman–Crippen MR) is 116 cm³/mol. The number of aryl methyl sites for hydroxylation is 3. The molecule has 2 aromatic carbocycles. The normalized spacial score (nSPS) is 12.6. The van der Waals surface area contributed by atoms with Crippen molar-refractivity contribution in [2.45, 2.75) is 26.2 Å². The molecule has 4 aromatic rings. The summed E-state index contributed by atoms with van der Waals surface area (Å²) < 4.78 is 26.7. The molecule has 2 aromatic heterocycles. The maximum Gasteiger partial charge on any atom is 0.159 e. The summed E-state index contributed by atoms with van der Waals surface area (Å²) in [4.78, 5) is 10.2. The van der Waals surface area contributed by atoms with Crippen LogP contribution in [0.5, 0.6) is 0 Å². The first-order valence-electron chi connectivity index (χ1n) is 9.80. The fourth-order valence-corrected chi connectivity index (χ4v) is 4.83. The van der Waals surface area contributed by atoms with Gasteiger partial charge in [0.25, 0.3) is 0 Å². The van der Waals surface area contributed by atoms with E-state index in [2.05, 4.69) is 34.6 Å². The van der Waals surface area contributed by atoms with Gasteiger partial charge in [-0.05, 0) is 78.4 Å². The molecule has 0 atom stereocenters. The molecule has 30 heavy (non-hydrogen) atoms. The highest BCUT2D eigenvalue weighted by Gasteiger charge is 2.18. The topological polar surface area (TPSA) is 37.8 Å². The fraction of sp³-hybridized carbons (Fsp3) is 0.167. The monoisotopic (exact) mass is 419 g/mol. The quantitative estimate of drug-likeness (QED) is 0.428. The number of hydrogen-bond acceptors (Lipinski definition) is 4. The third-order valence-corrected chi connectivity index (χ3v) is 6.41. The Hall–Kier alpha value is -3.12. The molecule has 1 N–H and O–H groups in total. The molecule has 0 aliphatic carbocycles. The summed E-state index contributed by atoms with van der Waals surface area (Å²) in [5, 5.41) is 4.37. The van der Waals surface area contributed by atoms with Crippen LogP contribution in [-0.2, 0) is 19.3 Å². The molecule has 0 amide bonds. The summed E-state index contributed by atoms with van der Waals surface area (Å²) in [6, 6.07) is 14.6. The van der Waals surface area contributed by atoms with Crippen LogP contribution in [0.25, 0.3) is 11.1 Å². The molecule has 0 unspecified atom stereocenters. The molecule has 0 spiro atoms. The lowest BCUT2D eigenvalue weighted by Crippen LogP contribution is -1.96. The van der Waals surface area contributed by atoms with Crippen molar-refractivity contribution in [3.8, 4) is 11.1 Å². The summed E-state index contributed by atoms with van der Waals surface area (Å²) in [5.74, 6) is -0.782. The summed E-state index contributed by atoms with van der Waals surface area (Å²) in [6.07, 6.45) is 4.14. The molecule has 3 heterocycles. The van der Waals surface area contributed by atoms with Gasteiger partial charge in [0, 0.05) is 28.9 Å². The van der Waals surface area contributed by atoms with E-state index in [1.54, 1.807) is 17.4 Å². The van der Waals surface area contributed by atoms with E-state index >= 15 is 0 Å². The summed E-state index contributed by atoms with van der Waals surface area (Å²) in [6.45, 7) is 2.00. The summed E-state index contributed by atoms with van der Waals surface area (Å²) >= 11 is 1.63. The second-order valence-corrected chi connectivity index (χ2v) is 8.66. The Labute approximate surface area is 177 Å². The van der Waals surface area contributed by atoms with Gasteiger partial charge in [-0.3, -0.25) is 4.98 Å². The van der Waals surface area contributed by atoms with Crippen LogP contribution in [0.15, 0.2) is 54.7 Å². The van der Waals surface area contributed by atoms with Gasteiger partial charge in [0.05, 0.1) is 5.01 Å². The van der Waals surface area contributed by atoms with Gasteiger partial charge in [0.2, 0.25) is 0 Å². The molecular weight excluding hydrogens is 400 g/mol. The second-order valence-electron chi connectivity index (χ2n) is 7.49. The minimum Gasteiger partial charge on any atom is -0.339 e. The van der Waals surface area contributed by atoms with Gasteiger partial charge in [-0.1, -0.05) is 12.1 Å². The number of thiazole rings is 1. The van der Waals surface area contributed by atoms with Crippen molar-refractivity contribution >= 4 is 22.8 Å². The van der Waals surface area contributed by atoms with E-state index in [9.17, 15) is 8.78 Å². The van der Waals surface area contributed by atoms with Gasteiger partial charge >= 0.3 is 0 Å². The van der Waals surface area contributed by atoms with E-state index in [-0.39, 0.29) is 0 Å². The van der Waals surface area contributed by atoms with Gasteiger partial charge in [0.1, 0.15) is 5.82 Å². The minimum atomic E-state index is -0.826. The number of benzene rings is 2. The lowest BCUT2D eigenvalue weighted by molar-refractivity contribution is 0.507. The molecule has 3 nitrogen and oxygen atoms in total. The molecule has 1 aliphatic heterocycles. The number of pyridine rings is 1. The van der Waals surface area contributed by atoms with Gasteiger partial charge in [-0.25, -0.2) is 13.8 Å². The number of halogens is 2. The Morgan fingerprint density at radius 1 is 0.967 bits per heavy atom. The summed E-state index contributed by atoms with van der Waals surface area (Å²) in [5.41, 5.74) is 6.38. The van der Waals surface area contributed by atoms with Crippen molar-refractivity contribution in [3.05, 3.63) is 93.1 Å². The maximum absolute atomic E-state index is 13.5. The SMILES string of the molecule is Cc1cc(-c2ccc3c(c2)CCc2sc(Cc4ccc(F)c(F)c4)nc2N3)ccn1. The van der Waals surface area contributed by atoms with E-state index in [1.807, 2.05) is 19.2 Å². The molecule has 5 rings (SSSR count). The number of anilines is 2. The molecular formula is C24H19F2N3S. The number of fused-ring (bicyclic) bond motifs is 2. The van der Waals surface area contributed by atoms with E-state index in [4.69, 9.17) is 4.98 Å². The highest BCUT2D eigenvalue weighted by molar-refractivity contribution is 7.12. The zero-order valence-electron chi connectivity index (χ0n) is 16.4. The zero-order valence-corrected chi connectivity index (χ0v) is 17.2. The lowest BCUT2D eigenvalue weighted by atomic mass is 10.00. The van der Waals surface area contributed by atoms with Crippen LogP contribution < -0.4 is 5.32 Å². The van der Waals surface area contributed by atoms with Crippen LogP contribution in [0, 0.1) is 18.6 Å². The predicted octanol–water partition coefficient (Wildman–Crippen LogP) is 6.22. The van der Waals surface area contributed by atoms with Crippen molar-refractivity contribution < 1.29 is 8.78 Å². The van der Waals surface area contributed by atoms with Crippen molar-refractivity contribution in [1.29, 1.82) is 0 Å². The van der Waals surface area contributed by atoms with E-state index in [0.717, 1.165) is 46.2 Å². The van der Waals surface area contributed by atoms with E-state index in [0.29, 0.717) is 6.42 Å². The van der Waals surface area contributed by atoms with Crippen molar-refractivity contribution in [2.75, 3.05) is 5.32 Å². The average molecular weight is 420 g/mol. The van der Waals surface area contributed by atoms with Crippen molar-refractivity contribution in [2.24, 2.45) is 0 Å². The van der Waals surface area contributed by atoms with Crippen LogP contribution in [0.4, 0.5) is 20.3 Å². The van der Waals surface area contributed by atoms with Crippen molar-refractivity contribution in [3.63, 3.8) is 0 Å². The number of hydrogen-bond donors (Lipinski definition) is 1. The Balaban J connectivity index is 1.40. The number of aromatic nitrogens is 2. The van der Waals surface area contributed by atoms with Crippen LogP contribution in [-0.4, -0.2) is 9.97 Å². The van der Waals surface area contributed by atoms with Gasteiger partial charge in [-0.15, -0.1) is 11.3 Å². The molecule has 6 heteroatoms. The Morgan fingerprint density at radius 3 is 2.67 bits per heavy atom. The molecule has 1 aliphatic rings. The second kappa shape index (κ2) is 7.61. The molecule has 150 valence electrons. The minimum absolute atomic E-state index is 0.490. The summed E-state index contributed by atoms with van der Waals surface area (Å²) in [7, 11) is 0. The highest BCUT2D eigenvalue weighted by atomic mass is 32.1. The van der Waals surface area contributed by atoms with E-state index in [1.165, 1.54) is 28.1 Å². The van der Waals surface area contributed by atoms with Crippen LogP contribution in [0.3, 0.4) is 0 Å². The Morgan fingerprint density at radius 2 is 1.83 bits per heavy atom. The Bertz CT molecular complexity index is 1250. The average Bonchev–Trinajstić information content (AvgIpc) is 3.02. The standard InChI is InChI=1S/C24H19F2N3S/c1-14-10-17(8-9-27-14)16-3-6-21-18(13-16)4-7-22-24(28-21)29-23(30-22)12-15-2-5-19(25)20(26)11-15/h2-3,5-6,8-11,13,28H,4,7,12H2,1H3. The van der Waals surface area contributed by atoms with Gasteiger partial charge < -0.3 is 5.32 Å². The first kappa shape index (κ1) is 18.9. The third-order valence-electron chi connectivity index (χ3n) is 5.29. The first-order chi connectivity index (χ1) is 14.5. The smallest absolute Gasteiger partial charge is 0.159 e. The first-order valence-corrected chi connectivity index (χ1v) is 10.6. The zero-order chi connectivity index (χ0) is 20.7. The fourth-order valence-electron chi connectivity index (χ4n) is 3.77. The number of rotatable bonds is 3. The van der Waals surface area contributed by atoms with E-state index < -0.39 is 11.6 Å². The molecule has 0 fully saturated rings. The van der Waals surface area contributed by atoms with Crippen LogP contribution >= 0.6 is 11.3 Å². The molecule has 0 bridgehead atoms. The lowest BCUT2D eigenvalue weighted by Gasteiger charge is -2.10. The van der Waals surface area contributed by atoms with Crippen LogP contribution in [0.1, 0.15) is 26.7 Å². The maximum atomic E-state index is 13.5. The Kier molecular flexibility index (Phi) is 4.79. The van der Waals surface area contributed by atoms with Crippen LogP contribution in [0.2, 0.25) is 0 Å². The molecule has 0 radical (unpaired) electrons. The molecule has 0 saturated heterocycles. The van der Waals surface area contributed by atoms with Gasteiger partial charge in [0.15, 0.2) is 11.6 Å². The molecule has 0 saturated carbocycles. The largest absolute Gasteiger partial charge is 0.339 e. The van der Waals surface area contributed by atoms with Crippen molar-refractivity contribution in [1.82, 2.24) is 9.97 Å².